The Bertz CT molecular complexity index is 773. The van der Waals surface area contributed by atoms with Crippen LogP contribution in [0.15, 0.2) is 42.7 Å². The van der Waals surface area contributed by atoms with E-state index in [-0.39, 0.29) is 11.8 Å². The first-order valence-corrected chi connectivity index (χ1v) is 9.29. The zero-order chi connectivity index (χ0) is 19.8. The highest BCUT2D eigenvalue weighted by Gasteiger charge is 2.15. The first-order chi connectivity index (χ1) is 13.0. The molecule has 2 rings (SSSR count). The van der Waals surface area contributed by atoms with E-state index in [0.29, 0.717) is 18.7 Å². The van der Waals surface area contributed by atoms with Crippen LogP contribution in [0.3, 0.4) is 0 Å². The molecule has 0 bridgehead atoms. The maximum absolute atomic E-state index is 12.2. The molecule has 0 saturated carbocycles. The lowest BCUT2D eigenvalue weighted by molar-refractivity contribution is -0.116. The van der Waals surface area contributed by atoms with Crippen LogP contribution in [0.5, 0.6) is 0 Å². The molecule has 0 aliphatic carbocycles. The molecule has 0 spiro atoms. The summed E-state index contributed by atoms with van der Waals surface area (Å²) in [5, 5.41) is 2.84. The SMILES string of the molecule is CCN(CC)c1ccc(N(CCNC(=O)c2cccnc2)C(C)=O)c(C)c1. The number of carbonyl (C=O) groups excluding carboxylic acids is 2. The van der Waals surface area contributed by atoms with Gasteiger partial charge < -0.3 is 15.1 Å². The molecular weight excluding hydrogens is 340 g/mol. The third-order valence-electron chi connectivity index (χ3n) is 4.52. The van der Waals surface area contributed by atoms with Crippen molar-refractivity contribution in [2.24, 2.45) is 0 Å². The molecule has 0 saturated heterocycles. The molecule has 144 valence electrons. The molecule has 0 aliphatic rings. The molecule has 6 heteroatoms. The van der Waals surface area contributed by atoms with Crippen LogP contribution in [-0.4, -0.2) is 43.0 Å². The van der Waals surface area contributed by atoms with Crippen molar-refractivity contribution in [3.05, 3.63) is 53.9 Å². The molecule has 0 aliphatic heterocycles. The molecule has 0 radical (unpaired) electrons. The zero-order valence-corrected chi connectivity index (χ0v) is 16.5. The molecule has 1 aromatic carbocycles. The van der Waals surface area contributed by atoms with E-state index in [4.69, 9.17) is 0 Å². The van der Waals surface area contributed by atoms with Gasteiger partial charge in [-0.3, -0.25) is 14.6 Å². The fraction of sp³-hybridized carbons (Fsp3) is 0.381. The highest BCUT2D eigenvalue weighted by atomic mass is 16.2. The third kappa shape index (κ3) is 5.29. The first-order valence-electron chi connectivity index (χ1n) is 9.29. The van der Waals surface area contributed by atoms with E-state index >= 15 is 0 Å². The average Bonchev–Trinajstić information content (AvgIpc) is 2.67. The van der Waals surface area contributed by atoms with Crippen LogP contribution >= 0.6 is 0 Å². The van der Waals surface area contributed by atoms with Crippen LogP contribution < -0.4 is 15.1 Å². The summed E-state index contributed by atoms with van der Waals surface area (Å²) in [5.74, 6) is -0.246. The van der Waals surface area contributed by atoms with Gasteiger partial charge in [0.1, 0.15) is 0 Å². The summed E-state index contributed by atoms with van der Waals surface area (Å²) in [6, 6.07) is 9.55. The molecule has 6 nitrogen and oxygen atoms in total. The lowest BCUT2D eigenvalue weighted by Gasteiger charge is -2.26. The summed E-state index contributed by atoms with van der Waals surface area (Å²) in [4.78, 5) is 32.2. The van der Waals surface area contributed by atoms with Crippen molar-refractivity contribution >= 4 is 23.2 Å². The van der Waals surface area contributed by atoms with Crippen molar-refractivity contribution in [1.82, 2.24) is 10.3 Å². The number of carbonyl (C=O) groups is 2. The van der Waals surface area contributed by atoms with Crippen LogP contribution in [0.2, 0.25) is 0 Å². The molecule has 0 atom stereocenters. The number of benzene rings is 1. The van der Waals surface area contributed by atoms with E-state index in [1.54, 1.807) is 30.2 Å². The number of aryl methyl sites for hydroxylation is 1. The Labute approximate surface area is 161 Å². The van der Waals surface area contributed by atoms with Gasteiger partial charge in [-0.2, -0.15) is 0 Å². The normalized spacial score (nSPS) is 10.4. The minimum atomic E-state index is -0.194. The van der Waals surface area contributed by atoms with Gasteiger partial charge in [0.2, 0.25) is 5.91 Å². The van der Waals surface area contributed by atoms with Gasteiger partial charge in [0.05, 0.1) is 5.56 Å². The molecule has 1 heterocycles. The standard InChI is InChI=1S/C21H28N4O2/c1-5-24(6-2)19-9-10-20(16(3)14-19)25(17(4)26)13-12-23-21(27)18-8-7-11-22-15-18/h7-11,14-15H,5-6,12-13H2,1-4H3,(H,23,27). The number of hydrogen-bond acceptors (Lipinski definition) is 4. The highest BCUT2D eigenvalue weighted by Crippen LogP contribution is 2.25. The first kappa shape index (κ1) is 20.4. The molecule has 1 N–H and O–H groups in total. The average molecular weight is 368 g/mol. The summed E-state index contributed by atoms with van der Waals surface area (Å²) in [6.45, 7) is 10.4. The molecule has 0 unspecified atom stereocenters. The Morgan fingerprint density at radius 3 is 2.44 bits per heavy atom. The Balaban J connectivity index is 2.06. The van der Waals surface area contributed by atoms with Crippen molar-refractivity contribution in [1.29, 1.82) is 0 Å². The Kier molecular flexibility index (Phi) is 7.34. The number of amides is 2. The molecule has 1 aromatic heterocycles. The van der Waals surface area contributed by atoms with E-state index in [1.807, 2.05) is 19.1 Å². The number of hydrogen-bond donors (Lipinski definition) is 1. The van der Waals surface area contributed by atoms with Crippen molar-refractivity contribution in [3.8, 4) is 0 Å². The van der Waals surface area contributed by atoms with Crippen LogP contribution in [-0.2, 0) is 4.79 Å². The van der Waals surface area contributed by atoms with Crippen molar-refractivity contribution in [3.63, 3.8) is 0 Å². The van der Waals surface area contributed by atoms with E-state index in [9.17, 15) is 9.59 Å². The molecule has 0 fully saturated rings. The van der Waals surface area contributed by atoms with Gasteiger partial charge in [0.25, 0.3) is 5.91 Å². The number of nitrogens with one attached hydrogen (secondary N) is 1. The van der Waals surface area contributed by atoms with Gasteiger partial charge in [-0.25, -0.2) is 0 Å². The largest absolute Gasteiger partial charge is 0.372 e. The van der Waals surface area contributed by atoms with Gasteiger partial charge in [0.15, 0.2) is 0 Å². The Hall–Kier alpha value is -2.89. The lowest BCUT2D eigenvalue weighted by Crippen LogP contribution is -2.38. The predicted molar refractivity (Wildman–Crippen MR) is 109 cm³/mol. The van der Waals surface area contributed by atoms with Crippen LogP contribution in [0.1, 0.15) is 36.7 Å². The van der Waals surface area contributed by atoms with Gasteiger partial charge in [0, 0.05) is 56.9 Å². The smallest absolute Gasteiger partial charge is 0.252 e. The minimum absolute atomic E-state index is 0.0516. The van der Waals surface area contributed by atoms with Crippen LogP contribution in [0.4, 0.5) is 11.4 Å². The topological polar surface area (TPSA) is 65.5 Å². The minimum Gasteiger partial charge on any atom is -0.372 e. The second kappa shape index (κ2) is 9.71. The number of nitrogens with zero attached hydrogens (tertiary/aromatic N) is 3. The lowest BCUT2D eigenvalue weighted by atomic mass is 10.1. The number of rotatable bonds is 8. The summed E-state index contributed by atoms with van der Waals surface area (Å²) in [6.07, 6.45) is 3.15. The summed E-state index contributed by atoms with van der Waals surface area (Å²) >= 11 is 0. The maximum atomic E-state index is 12.2. The molecular formula is C21H28N4O2. The van der Waals surface area contributed by atoms with E-state index in [0.717, 1.165) is 30.0 Å². The maximum Gasteiger partial charge on any atom is 0.252 e. The van der Waals surface area contributed by atoms with Gasteiger partial charge in [-0.1, -0.05) is 0 Å². The Morgan fingerprint density at radius 1 is 1.15 bits per heavy atom. The van der Waals surface area contributed by atoms with Crippen molar-refractivity contribution < 1.29 is 9.59 Å². The number of aromatic nitrogens is 1. The monoisotopic (exact) mass is 368 g/mol. The van der Waals surface area contributed by atoms with Crippen molar-refractivity contribution in [2.45, 2.75) is 27.7 Å². The quantitative estimate of drug-likeness (QED) is 0.778. The predicted octanol–water partition coefficient (Wildman–Crippen LogP) is 3.02. The van der Waals surface area contributed by atoms with Gasteiger partial charge in [-0.05, 0) is 56.7 Å². The van der Waals surface area contributed by atoms with Gasteiger partial charge in [-0.15, -0.1) is 0 Å². The summed E-state index contributed by atoms with van der Waals surface area (Å²) in [7, 11) is 0. The number of pyridine rings is 1. The molecule has 2 amide bonds. The van der Waals surface area contributed by atoms with E-state index < -0.39 is 0 Å². The van der Waals surface area contributed by atoms with Crippen LogP contribution in [0.25, 0.3) is 0 Å². The third-order valence-corrected chi connectivity index (χ3v) is 4.52. The van der Waals surface area contributed by atoms with Gasteiger partial charge >= 0.3 is 0 Å². The summed E-state index contributed by atoms with van der Waals surface area (Å²) in [5.41, 5.74) is 3.56. The Morgan fingerprint density at radius 2 is 1.89 bits per heavy atom. The zero-order valence-electron chi connectivity index (χ0n) is 16.5. The second-order valence-corrected chi connectivity index (χ2v) is 6.31. The van der Waals surface area contributed by atoms with E-state index in [2.05, 4.69) is 35.1 Å². The molecule has 27 heavy (non-hydrogen) atoms. The number of anilines is 2. The molecule has 2 aromatic rings. The van der Waals surface area contributed by atoms with E-state index in [1.165, 1.54) is 6.20 Å². The van der Waals surface area contributed by atoms with Crippen molar-refractivity contribution in [2.75, 3.05) is 36.0 Å². The van der Waals surface area contributed by atoms with Crippen LogP contribution in [0, 0.1) is 6.92 Å². The fourth-order valence-corrected chi connectivity index (χ4v) is 3.06. The highest BCUT2D eigenvalue weighted by molar-refractivity contribution is 5.94. The summed E-state index contributed by atoms with van der Waals surface area (Å²) < 4.78 is 0. The second-order valence-electron chi connectivity index (χ2n) is 6.31. The fourth-order valence-electron chi connectivity index (χ4n) is 3.06.